The summed E-state index contributed by atoms with van der Waals surface area (Å²) in [6.45, 7) is 0.332. The number of carbonyl (C=O) groups excluding carboxylic acids is 1. The van der Waals surface area contributed by atoms with Crippen molar-refractivity contribution in [2.45, 2.75) is 6.10 Å². The van der Waals surface area contributed by atoms with E-state index >= 15 is 0 Å². The van der Waals surface area contributed by atoms with Crippen molar-refractivity contribution >= 4 is 23.2 Å². The SMILES string of the molecule is O=C(c1ncc(-c2ncccc2F)s1)[C@H]1CN(C(=O)O)CCO1. The smallest absolute Gasteiger partial charge is 0.407 e. The maximum Gasteiger partial charge on any atom is 0.407 e. The molecule has 1 aliphatic heterocycles. The highest BCUT2D eigenvalue weighted by Crippen LogP contribution is 2.27. The molecule has 2 aromatic heterocycles. The highest BCUT2D eigenvalue weighted by atomic mass is 32.1. The van der Waals surface area contributed by atoms with Crippen molar-refractivity contribution in [1.29, 1.82) is 0 Å². The molecule has 23 heavy (non-hydrogen) atoms. The highest BCUT2D eigenvalue weighted by Gasteiger charge is 2.31. The van der Waals surface area contributed by atoms with Gasteiger partial charge in [-0.2, -0.15) is 0 Å². The molecular formula is C14H12FN3O4S. The Bertz CT molecular complexity index is 751. The van der Waals surface area contributed by atoms with Gasteiger partial charge in [-0.3, -0.25) is 9.78 Å². The molecule has 1 atom stereocenters. The van der Waals surface area contributed by atoms with E-state index < -0.39 is 23.8 Å². The van der Waals surface area contributed by atoms with Crippen molar-refractivity contribution < 1.29 is 23.8 Å². The van der Waals surface area contributed by atoms with Gasteiger partial charge in [-0.1, -0.05) is 0 Å². The summed E-state index contributed by atoms with van der Waals surface area (Å²) in [4.78, 5) is 32.9. The third-order valence-electron chi connectivity index (χ3n) is 3.34. The number of thiazole rings is 1. The molecule has 0 radical (unpaired) electrons. The summed E-state index contributed by atoms with van der Waals surface area (Å²) < 4.78 is 19.1. The zero-order chi connectivity index (χ0) is 16.4. The number of ketones is 1. The summed E-state index contributed by atoms with van der Waals surface area (Å²) in [7, 11) is 0. The average molecular weight is 337 g/mol. The Hall–Kier alpha value is -2.39. The van der Waals surface area contributed by atoms with Crippen molar-refractivity contribution in [2.24, 2.45) is 0 Å². The van der Waals surface area contributed by atoms with Crippen LogP contribution in [0.2, 0.25) is 0 Å². The quantitative estimate of drug-likeness (QED) is 0.860. The molecule has 120 valence electrons. The van der Waals surface area contributed by atoms with Crippen molar-refractivity contribution in [1.82, 2.24) is 14.9 Å². The van der Waals surface area contributed by atoms with E-state index in [-0.39, 0.29) is 30.4 Å². The van der Waals surface area contributed by atoms with E-state index in [0.717, 1.165) is 16.2 Å². The lowest BCUT2D eigenvalue weighted by molar-refractivity contribution is -0.0111. The van der Waals surface area contributed by atoms with E-state index in [0.29, 0.717) is 4.88 Å². The van der Waals surface area contributed by atoms with Crippen molar-refractivity contribution in [3.05, 3.63) is 35.4 Å². The van der Waals surface area contributed by atoms with Crippen molar-refractivity contribution in [3.63, 3.8) is 0 Å². The van der Waals surface area contributed by atoms with Gasteiger partial charge in [-0.15, -0.1) is 11.3 Å². The van der Waals surface area contributed by atoms with Gasteiger partial charge in [0.2, 0.25) is 5.78 Å². The van der Waals surface area contributed by atoms with Gasteiger partial charge >= 0.3 is 6.09 Å². The summed E-state index contributed by atoms with van der Waals surface area (Å²) in [5, 5.41) is 9.13. The van der Waals surface area contributed by atoms with Gasteiger partial charge < -0.3 is 14.7 Å². The Morgan fingerprint density at radius 1 is 1.43 bits per heavy atom. The summed E-state index contributed by atoms with van der Waals surface area (Å²) in [6, 6.07) is 2.75. The molecule has 0 saturated carbocycles. The summed E-state index contributed by atoms with van der Waals surface area (Å²) in [6.07, 6.45) is 0.837. The largest absolute Gasteiger partial charge is 0.465 e. The number of amides is 1. The molecule has 0 aromatic carbocycles. The third kappa shape index (κ3) is 3.20. The number of nitrogens with zero attached hydrogens (tertiary/aromatic N) is 3. The first kappa shape index (κ1) is 15.5. The third-order valence-corrected chi connectivity index (χ3v) is 4.36. The first-order valence-electron chi connectivity index (χ1n) is 6.76. The van der Waals surface area contributed by atoms with Gasteiger partial charge in [-0.25, -0.2) is 14.2 Å². The van der Waals surface area contributed by atoms with Crippen LogP contribution in [0.15, 0.2) is 24.5 Å². The first-order valence-corrected chi connectivity index (χ1v) is 7.58. The number of hydrogen-bond acceptors (Lipinski definition) is 6. The molecule has 1 N–H and O–H groups in total. The second kappa shape index (κ2) is 6.39. The Balaban J connectivity index is 1.79. The van der Waals surface area contributed by atoms with E-state index in [9.17, 15) is 14.0 Å². The standard InChI is InChI=1S/C14H12FN3O4S/c15-8-2-1-3-16-11(8)10-6-17-13(23-10)12(19)9-7-18(14(20)21)4-5-22-9/h1-3,6,9H,4-5,7H2,(H,20,21)/t9-/m1/s1. The van der Waals surface area contributed by atoms with Gasteiger partial charge in [0, 0.05) is 18.9 Å². The average Bonchev–Trinajstić information content (AvgIpc) is 3.04. The van der Waals surface area contributed by atoms with Crippen LogP contribution in [0, 0.1) is 5.82 Å². The number of hydrogen-bond donors (Lipinski definition) is 1. The molecule has 3 heterocycles. The van der Waals surface area contributed by atoms with Crippen LogP contribution in [0.1, 0.15) is 9.80 Å². The molecule has 0 aliphatic carbocycles. The topological polar surface area (TPSA) is 92.6 Å². The minimum atomic E-state index is -1.10. The summed E-state index contributed by atoms with van der Waals surface area (Å²) >= 11 is 1.00. The Labute approximate surface area is 134 Å². The van der Waals surface area contributed by atoms with Gasteiger partial charge in [0.05, 0.1) is 18.0 Å². The van der Waals surface area contributed by atoms with Crippen LogP contribution in [0.3, 0.4) is 0 Å². The predicted octanol–water partition coefficient (Wildman–Crippen LogP) is 1.91. The summed E-state index contributed by atoms with van der Waals surface area (Å²) in [5.41, 5.74) is 0.126. The molecule has 0 unspecified atom stereocenters. The molecule has 1 saturated heterocycles. The second-order valence-electron chi connectivity index (χ2n) is 4.82. The van der Waals surface area contributed by atoms with E-state index in [1.54, 1.807) is 0 Å². The van der Waals surface area contributed by atoms with E-state index in [4.69, 9.17) is 9.84 Å². The molecule has 1 fully saturated rings. The number of aromatic nitrogens is 2. The monoisotopic (exact) mass is 337 g/mol. The van der Waals surface area contributed by atoms with Crippen LogP contribution in [0.5, 0.6) is 0 Å². The van der Waals surface area contributed by atoms with Gasteiger partial charge in [0.15, 0.2) is 5.01 Å². The van der Waals surface area contributed by atoms with Crippen molar-refractivity contribution in [3.8, 4) is 10.6 Å². The summed E-state index contributed by atoms with van der Waals surface area (Å²) in [5.74, 6) is -0.912. The fourth-order valence-corrected chi connectivity index (χ4v) is 3.08. The first-order chi connectivity index (χ1) is 11.1. The zero-order valence-electron chi connectivity index (χ0n) is 11.8. The zero-order valence-corrected chi connectivity index (χ0v) is 12.6. The molecule has 0 spiro atoms. The fraction of sp³-hybridized carbons (Fsp3) is 0.286. The van der Waals surface area contributed by atoms with Crippen molar-refractivity contribution in [2.75, 3.05) is 19.7 Å². The van der Waals surface area contributed by atoms with E-state index in [1.165, 1.54) is 24.5 Å². The fourth-order valence-electron chi connectivity index (χ4n) is 2.18. The lowest BCUT2D eigenvalue weighted by Crippen LogP contribution is -2.48. The number of carboxylic acid groups (broad SMARTS) is 1. The molecule has 3 rings (SSSR count). The van der Waals surface area contributed by atoms with Crippen LogP contribution in [-0.4, -0.2) is 57.7 Å². The minimum Gasteiger partial charge on any atom is -0.465 e. The number of ether oxygens (including phenoxy) is 1. The van der Waals surface area contributed by atoms with Crippen LogP contribution in [0.25, 0.3) is 10.6 Å². The minimum absolute atomic E-state index is 0.0406. The number of carbonyl (C=O) groups is 2. The number of rotatable bonds is 3. The van der Waals surface area contributed by atoms with Crippen LogP contribution < -0.4 is 0 Å². The number of halogens is 1. The van der Waals surface area contributed by atoms with Crippen LogP contribution >= 0.6 is 11.3 Å². The van der Waals surface area contributed by atoms with Crippen LogP contribution in [0.4, 0.5) is 9.18 Å². The maximum atomic E-state index is 13.7. The van der Waals surface area contributed by atoms with E-state index in [2.05, 4.69) is 9.97 Å². The van der Waals surface area contributed by atoms with Gasteiger partial charge in [0.25, 0.3) is 0 Å². The Kier molecular flexibility index (Phi) is 4.30. The second-order valence-corrected chi connectivity index (χ2v) is 5.85. The Morgan fingerprint density at radius 3 is 3.00 bits per heavy atom. The molecule has 0 bridgehead atoms. The van der Waals surface area contributed by atoms with E-state index in [1.807, 2.05) is 0 Å². The number of Topliss-reactive ketones (excluding diaryl/α,β-unsaturated/α-hetero) is 1. The molecule has 2 aromatic rings. The maximum absolute atomic E-state index is 13.7. The van der Waals surface area contributed by atoms with Gasteiger partial charge in [-0.05, 0) is 12.1 Å². The van der Waals surface area contributed by atoms with Crippen LogP contribution in [-0.2, 0) is 4.74 Å². The molecule has 1 amide bonds. The molecule has 9 heteroatoms. The lowest BCUT2D eigenvalue weighted by Gasteiger charge is -2.29. The lowest BCUT2D eigenvalue weighted by atomic mass is 10.2. The number of morpholine rings is 1. The number of pyridine rings is 1. The van der Waals surface area contributed by atoms with Gasteiger partial charge in [0.1, 0.15) is 17.6 Å². The Morgan fingerprint density at radius 2 is 2.26 bits per heavy atom. The predicted molar refractivity (Wildman–Crippen MR) is 79.0 cm³/mol. The normalized spacial score (nSPS) is 18.0. The highest BCUT2D eigenvalue weighted by molar-refractivity contribution is 7.17. The molecule has 1 aliphatic rings. The molecular weight excluding hydrogens is 325 g/mol. The molecule has 7 nitrogen and oxygen atoms in total.